The number of carbonyl (C=O) groups excluding carboxylic acids is 2. The Labute approximate surface area is 257 Å². The minimum absolute atomic E-state index is 0.0849. The average Bonchev–Trinajstić information content (AvgIpc) is 2.90. The van der Waals surface area contributed by atoms with E-state index in [2.05, 4.69) is 5.32 Å². The number of hydrogen-bond acceptors (Lipinski definition) is 4. The zero-order chi connectivity index (χ0) is 31.2. The van der Waals surface area contributed by atoms with Crippen LogP contribution in [-0.4, -0.2) is 61.7 Å². The van der Waals surface area contributed by atoms with Gasteiger partial charge in [-0.1, -0.05) is 59.6 Å². The van der Waals surface area contributed by atoms with E-state index in [1.165, 1.54) is 37.2 Å². The van der Waals surface area contributed by atoms with Gasteiger partial charge in [-0.15, -0.1) is 0 Å². The van der Waals surface area contributed by atoms with Crippen LogP contribution in [0.2, 0.25) is 10.0 Å². The Morgan fingerprint density at radius 2 is 1.57 bits per heavy atom. The summed E-state index contributed by atoms with van der Waals surface area (Å²) in [6.45, 7) is 4.71. The van der Waals surface area contributed by atoms with Gasteiger partial charge in [0.25, 0.3) is 0 Å². The van der Waals surface area contributed by atoms with Crippen molar-refractivity contribution in [3.05, 3.63) is 99.8 Å². The minimum Gasteiger partial charge on any atom is -0.350 e. The Morgan fingerprint density at radius 1 is 0.952 bits per heavy atom. The molecule has 12 heteroatoms. The Kier molecular flexibility index (Phi) is 11.0. The summed E-state index contributed by atoms with van der Waals surface area (Å²) < 4.78 is 42.3. The first-order valence-electron chi connectivity index (χ1n) is 13.1. The number of hydrogen-bond donors (Lipinski definition) is 1. The summed E-state index contributed by atoms with van der Waals surface area (Å²) >= 11 is 12.6. The topological polar surface area (TPSA) is 90.0 Å². The van der Waals surface area contributed by atoms with Crippen LogP contribution in [-0.2, 0) is 32.8 Å². The van der Waals surface area contributed by atoms with Crippen molar-refractivity contribution in [2.75, 3.05) is 24.9 Å². The molecule has 0 radical (unpaired) electrons. The highest BCUT2D eigenvalue weighted by Gasteiger charge is 2.36. The fourth-order valence-corrected chi connectivity index (χ4v) is 5.69. The highest BCUT2D eigenvalue weighted by Crippen LogP contribution is 2.26. The molecular formula is C30H35Cl2FN4O4S. The van der Waals surface area contributed by atoms with E-state index in [0.29, 0.717) is 10.6 Å². The summed E-state index contributed by atoms with van der Waals surface area (Å²) in [5, 5.41) is 3.63. The summed E-state index contributed by atoms with van der Waals surface area (Å²) in [6, 6.07) is 17.7. The minimum atomic E-state index is -4.20. The molecule has 3 rings (SSSR count). The van der Waals surface area contributed by atoms with Gasteiger partial charge < -0.3 is 10.2 Å². The van der Waals surface area contributed by atoms with Gasteiger partial charge in [0.2, 0.25) is 11.8 Å². The zero-order valence-electron chi connectivity index (χ0n) is 24.1. The number of benzene rings is 3. The van der Waals surface area contributed by atoms with Crippen molar-refractivity contribution in [2.24, 2.45) is 0 Å². The van der Waals surface area contributed by atoms with Crippen LogP contribution < -0.4 is 9.62 Å². The number of halogens is 3. The molecule has 3 aromatic rings. The summed E-state index contributed by atoms with van der Waals surface area (Å²) in [4.78, 5) is 29.3. The maximum atomic E-state index is 14.2. The van der Waals surface area contributed by atoms with Crippen LogP contribution in [0.3, 0.4) is 0 Å². The molecule has 0 spiro atoms. The van der Waals surface area contributed by atoms with E-state index in [1.807, 2.05) is 51.1 Å². The van der Waals surface area contributed by atoms with Crippen LogP contribution >= 0.6 is 23.2 Å². The molecule has 226 valence electrons. The van der Waals surface area contributed by atoms with Crippen molar-refractivity contribution in [3.8, 4) is 0 Å². The van der Waals surface area contributed by atoms with E-state index in [4.69, 9.17) is 23.2 Å². The van der Waals surface area contributed by atoms with Gasteiger partial charge in [0.1, 0.15) is 18.4 Å². The molecule has 0 aliphatic rings. The Morgan fingerprint density at radius 3 is 2.12 bits per heavy atom. The van der Waals surface area contributed by atoms with Gasteiger partial charge in [0.05, 0.1) is 5.69 Å². The third-order valence-electron chi connectivity index (χ3n) is 6.26. The number of rotatable bonds is 11. The maximum Gasteiger partial charge on any atom is 0.304 e. The Hall–Kier alpha value is -3.18. The van der Waals surface area contributed by atoms with Gasteiger partial charge in [0.15, 0.2) is 0 Å². The molecule has 0 aromatic heterocycles. The molecular weight excluding hydrogens is 602 g/mol. The van der Waals surface area contributed by atoms with E-state index >= 15 is 0 Å². The number of anilines is 1. The van der Waals surface area contributed by atoms with Crippen molar-refractivity contribution in [3.63, 3.8) is 0 Å². The fraction of sp³-hybridized carbons (Fsp3) is 0.333. The summed E-state index contributed by atoms with van der Waals surface area (Å²) in [7, 11) is -1.54. The lowest BCUT2D eigenvalue weighted by atomic mass is 10.0. The summed E-state index contributed by atoms with van der Waals surface area (Å²) in [5.41, 5.74) is 0.775. The summed E-state index contributed by atoms with van der Waals surface area (Å²) in [6.07, 6.45) is 0.149. The van der Waals surface area contributed by atoms with Gasteiger partial charge in [-0.3, -0.25) is 9.59 Å². The monoisotopic (exact) mass is 636 g/mol. The first-order valence-corrected chi connectivity index (χ1v) is 15.3. The molecule has 3 aromatic carbocycles. The predicted molar refractivity (Wildman–Crippen MR) is 165 cm³/mol. The first kappa shape index (κ1) is 33.3. The van der Waals surface area contributed by atoms with Crippen LogP contribution in [0.4, 0.5) is 10.1 Å². The molecule has 8 nitrogen and oxygen atoms in total. The third kappa shape index (κ3) is 8.91. The van der Waals surface area contributed by atoms with Crippen molar-refractivity contribution in [2.45, 2.75) is 45.3 Å². The van der Waals surface area contributed by atoms with Gasteiger partial charge in [-0.2, -0.15) is 12.7 Å². The molecule has 1 N–H and O–H groups in total. The van der Waals surface area contributed by atoms with Crippen LogP contribution in [0.5, 0.6) is 0 Å². The van der Waals surface area contributed by atoms with Crippen molar-refractivity contribution in [1.82, 2.24) is 14.5 Å². The predicted octanol–water partition coefficient (Wildman–Crippen LogP) is 5.30. The average molecular weight is 638 g/mol. The molecule has 0 aliphatic heterocycles. The fourth-order valence-electron chi connectivity index (χ4n) is 4.16. The van der Waals surface area contributed by atoms with Crippen molar-refractivity contribution < 1.29 is 22.4 Å². The number of carbonyl (C=O) groups is 2. The molecule has 42 heavy (non-hydrogen) atoms. The second-order valence-electron chi connectivity index (χ2n) is 11.0. The molecule has 2 amide bonds. The Bertz CT molecular complexity index is 1500. The van der Waals surface area contributed by atoms with Crippen molar-refractivity contribution >= 4 is 50.9 Å². The lowest BCUT2D eigenvalue weighted by Crippen LogP contribution is -2.56. The zero-order valence-corrected chi connectivity index (χ0v) is 26.5. The van der Waals surface area contributed by atoms with Gasteiger partial charge in [0, 0.05) is 42.6 Å². The lowest BCUT2D eigenvalue weighted by molar-refractivity contribution is -0.140. The van der Waals surface area contributed by atoms with E-state index in [0.717, 1.165) is 26.3 Å². The Balaban J connectivity index is 2.14. The molecule has 0 aliphatic carbocycles. The van der Waals surface area contributed by atoms with Gasteiger partial charge in [-0.05, 0) is 68.3 Å². The molecule has 0 saturated carbocycles. The van der Waals surface area contributed by atoms with Crippen LogP contribution in [0, 0.1) is 5.82 Å². The molecule has 0 saturated heterocycles. The van der Waals surface area contributed by atoms with Crippen LogP contribution in [0.15, 0.2) is 72.8 Å². The normalized spacial score (nSPS) is 12.6. The quantitative estimate of drug-likeness (QED) is 0.309. The standard InChI is InChI=1S/C30H35Cl2FN4O4S/c1-30(2,3)34-29(39)27(17-21-9-7-6-8-10-21)36(19-22-11-12-23(31)18-26(22)32)28(38)20-37(42(40,41)35(4)5)25-15-13-24(33)14-16-25/h6-16,18,27H,17,19-20H2,1-5H3,(H,34,39)/t27-/m0/s1. The second-order valence-corrected chi connectivity index (χ2v) is 13.9. The van der Waals surface area contributed by atoms with E-state index < -0.39 is 46.0 Å². The molecule has 0 unspecified atom stereocenters. The SMILES string of the molecule is CN(C)S(=O)(=O)N(CC(=O)N(Cc1ccc(Cl)cc1Cl)[C@@H](Cc1ccccc1)C(=O)NC(C)(C)C)c1ccc(F)cc1. The van der Waals surface area contributed by atoms with E-state index in [1.54, 1.807) is 12.1 Å². The number of amides is 2. The smallest absolute Gasteiger partial charge is 0.304 e. The van der Waals surface area contributed by atoms with Crippen molar-refractivity contribution in [1.29, 1.82) is 0 Å². The molecule has 0 heterocycles. The summed E-state index contributed by atoms with van der Waals surface area (Å²) in [5.74, 6) is -1.65. The molecule has 0 bridgehead atoms. The van der Waals surface area contributed by atoms with E-state index in [-0.39, 0.29) is 23.7 Å². The molecule has 1 atom stereocenters. The number of nitrogens with one attached hydrogen (secondary N) is 1. The van der Waals surface area contributed by atoms with E-state index in [9.17, 15) is 22.4 Å². The van der Waals surface area contributed by atoms with Gasteiger partial charge >= 0.3 is 10.2 Å². The van der Waals surface area contributed by atoms with Crippen LogP contribution in [0.1, 0.15) is 31.9 Å². The molecule has 0 fully saturated rings. The van der Waals surface area contributed by atoms with Crippen LogP contribution in [0.25, 0.3) is 0 Å². The highest BCUT2D eigenvalue weighted by atomic mass is 35.5. The second kappa shape index (κ2) is 13.9. The maximum absolute atomic E-state index is 14.2. The largest absolute Gasteiger partial charge is 0.350 e. The number of nitrogens with zero attached hydrogens (tertiary/aromatic N) is 3. The lowest BCUT2D eigenvalue weighted by Gasteiger charge is -2.36. The first-order chi connectivity index (χ1) is 19.6. The highest BCUT2D eigenvalue weighted by molar-refractivity contribution is 7.90. The third-order valence-corrected chi connectivity index (χ3v) is 8.67. The van der Waals surface area contributed by atoms with Gasteiger partial charge in [-0.25, -0.2) is 8.70 Å².